The second-order valence-corrected chi connectivity index (χ2v) is 8.91. The first-order chi connectivity index (χ1) is 16.9. The number of para-hydroxylation sites is 1. The lowest BCUT2D eigenvalue weighted by molar-refractivity contribution is -0.115. The van der Waals surface area contributed by atoms with Crippen LogP contribution in [0.25, 0.3) is 0 Å². The van der Waals surface area contributed by atoms with Crippen molar-refractivity contribution in [1.29, 1.82) is 0 Å². The van der Waals surface area contributed by atoms with E-state index in [1.807, 2.05) is 45.0 Å². The Morgan fingerprint density at radius 1 is 1.03 bits per heavy atom. The number of hydrogen-bond acceptors (Lipinski definition) is 8. The maximum absolute atomic E-state index is 12.4. The number of anilines is 1. The first-order valence-electron chi connectivity index (χ1n) is 11.0. The Morgan fingerprint density at radius 2 is 1.80 bits per heavy atom. The second-order valence-electron chi connectivity index (χ2n) is 7.96. The number of carbonyl (C=O) groups is 2. The van der Waals surface area contributed by atoms with Crippen LogP contribution in [0.2, 0.25) is 0 Å². The molecule has 0 spiro atoms. The summed E-state index contributed by atoms with van der Waals surface area (Å²) >= 11 is 1.36. The molecule has 35 heavy (non-hydrogen) atoms. The maximum atomic E-state index is 12.4. The summed E-state index contributed by atoms with van der Waals surface area (Å²) in [5, 5.41) is 9.24. The summed E-state index contributed by atoms with van der Waals surface area (Å²) in [6.07, 6.45) is 0.155. The minimum absolute atomic E-state index is 0.0268. The van der Waals surface area contributed by atoms with Crippen LogP contribution < -0.4 is 10.1 Å². The summed E-state index contributed by atoms with van der Waals surface area (Å²) in [4.78, 5) is 29.1. The monoisotopic (exact) mass is 491 g/mol. The van der Waals surface area contributed by atoms with E-state index >= 15 is 0 Å². The second kappa shape index (κ2) is 11.0. The van der Waals surface area contributed by atoms with Gasteiger partial charge in [0.05, 0.1) is 28.9 Å². The van der Waals surface area contributed by atoms with E-state index in [9.17, 15) is 9.59 Å². The van der Waals surface area contributed by atoms with Gasteiger partial charge < -0.3 is 19.3 Å². The third kappa shape index (κ3) is 6.33. The topological polar surface area (TPSA) is 104 Å². The van der Waals surface area contributed by atoms with Gasteiger partial charge in [-0.1, -0.05) is 23.4 Å². The Balaban J connectivity index is 1.25. The van der Waals surface area contributed by atoms with Crippen LogP contribution in [0.1, 0.15) is 43.6 Å². The summed E-state index contributed by atoms with van der Waals surface area (Å²) in [5.41, 5.74) is 4.48. The Morgan fingerprint density at radius 3 is 2.51 bits per heavy atom. The van der Waals surface area contributed by atoms with Gasteiger partial charge in [0.1, 0.15) is 29.7 Å². The molecule has 0 saturated carbocycles. The van der Waals surface area contributed by atoms with Gasteiger partial charge >= 0.3 is 5.97 Å². The Bertz CT molecular complexity index is 1310. The van der Waals surface area contributed by atoms with Crippen LogP contribution in [0.5, 0.6) is 5.75 Å². The highest BCUT2D eigenvalue weighted by molar-refractivity contribution is 7.09. The third-order valence-electron chi connectivity index (χ3n) is 5.34. The van der Waals surface area contributed by atoms with Gasteiger partial charge in [0.15, 0.2) is 0 Å². The molecule has 0 radical (unpaired) electrons. The lowest BCUT2D eigenvalue weighted by Crippen LogP contribution is -2.15. The highest BCUT2D eigenvalue weighted by atomic mass is 32.1. The highest BCUT2D eigenvalue weighted by Gasteiger charge is 2.13. The third-order valence-corrected chi connectivity index (χ3v) is 6.23. The predicted molar refractivity (Wildman–Crippen MR) is 131 cm³/mol. The summed E-state index contributed by atoms with van der Waals surface area (Å²) in [6.45, 7) is 6.00. The molecule has 4 aromatic rings. The van der Waals surface area contributed by atoms with Crippen molar-refractivity contribution in [2.75, 3.05) is 5.32 Å². The number of carbonyl (C=O) groups excluding carboxylic acids is 2. The van der Waals surface area contributed by atoms with E-state index in [4.69, 9.17) is 14.0 Å². The summed E-state index contributed by atoms with van der Waals surface area (Å²) in [6, 6.07) is 14.3. The van der Waals surface area contributed by atoms with Crippen molar-refractivity contribution < 1.29 is 23.6 Å². The molecule has 0 aliphatic rings. The fraction of sp³-hybridized carbons (Fsp3) is 0.231. The van der Waals surface area contributed by atoms with Crippen molar-refractivity contribution in [3.8, 4) is 5.75 Å². The molecule has 0 fully saturated rings. The summed E-state index contributed by atoms with van der Waals surface area (Å²) < 4.78 is 16.3. The van der Waals surface area contributed by atoms with E-state index < -0.39 is 5.97 Å². The first-order valence-corrected chi connectivity index (χ1v) is 11.9. The Labute approximate surface area is 206 Å². The van der Waals surface area contributed by atoms with Gasteiger partial charge in [0.2, 0.25) is 5.91 Å². The largest absolute Gasteiger partial charge is 0.489 e. The molecular weight excluding hydrogens is 466 g/mol. The quantitative estimate of drug-likeness (QED) is 0.322. The number of hydrogen-bond donors (Lipinski definition) is 1. The van der Waals surface area contributed by atoms with Crippen molar-refractivity contribution in [2.24, 2.45) is 0 Å². The smallest absolute Gasteiger partial charge is 0.338 e. The van der Waals surface area contributed by atoms with Crippen molar-refractivity contribution in [3.63, 3.8) is 0 Å². The minimum Gasteiger partial charge on any atom is -0.489 e. The van der Waals surface area contributed by atoms with Gasteiger partial charge in [-0.05, 0) is 56.7 Å². The van der Waals surface area contributed by atoms with Crippen molar-refractivity contribution >= 4 is 28.9 Å². The van der Waals surface area contributed by atoms with Gasteiger partial charge in [-0.2, -0.15) is 0 Å². The first kappa shape index (κ1) is 24.2. The molecule has 2 aromatic carbocycles. The number of ether oxygens (including phenoxy) is 2. The van der Waals surface area contributed by atoms with Crippen LogP contribution in [-0.2, 0) is 29.2 Å². The van der Waals surface area contributed by atoms with E-state index in [1.165, 1.54) is 11.3 Å². The normalized spacial score (nSPS) is 10.7. The summed E-state index contributed by atoms with van der Waals surface area (Å²) in [5.74, 6) is 0.734. The molecule has 180 valence electrons. The molecule has 0 aliphatic carbocycles. The number of nitrogens with one attached hydrogen (secondary N) is 1. The molecular formula is C26H25N3O5S. The Kier molecular flexibility index (Phi) is 7.57. The lowest BCUT2D eigenvalue weighted by Gasteiger charge is -2.07. The fourth-order valence-corrected chi connectivity index (χ4v) is 4.09. The average Bonchev–Trinajstić information content (AvgIpc) is 3.43. The molecule has 1 N–H and O–H groups in total. The van der Waals surface area contributed by atoms with E-state index in [-0.39, 0.29) is 18.9 Å². The zero-order valence-corrected chi connectivity index (χ0v) is 20.5. The number of esters is 1. The zero-order chi connectivity index (χ0) is 24.8. The van der Waals surface area contributed by atoms with Gasteiger partial charge in [-0.3, -0.25) is 4.79 Å². The average molecular weight is 492 g/mol. The standard InChI is InChI=1S/C26H25N3O5S/c1-16-6-4-5-7-23(16)28-24(30)12-25-27-20(15-35-25)13-33-26(31)19-8-10-21(11-9-19)32-14-22-17(2)29-34-18(22)3/h4-11,15H,12-14H2,1-3H3,(H,28,30). The predicted octanol–water partition coefficient (Wildman–Crippen LogP) is 5.17. The van der Waals surface area contributed by atoms with E-state index in [1.54, 1.807) is 29.6 Å². The molecule has 0 atom stereocenters. The van der Waals surface area contributed by atoms with Gasteiger partial charge in [0, 0.05) is 11.1 Å². The van der Waals surface area contributed by atoms with Crippen LogP contribution in [0.15, 0.2) is 58.4 Å². The summed E-state index contributed by atoms with van der Waals surface area (Å²) in [7, 11) is 0. The number of thiazole rings is 1. The van der Waals surface area contributed by atoms with Crippen LogP contribution in [-0.4, -0.2) is 22.0 Å². The number of aromatic nitrogens is 2. The van der Waals surface area contributed by atoms with E-state index in [0.29, 0.717) is 28.6 Å². The van der Waals surface area contributed by atoms with Crippen molar-refractivity contribution in [1.82, 2.24) is 10.1 Å². The molecule has 0 aliphatic heterocycles. The number of aryl methyl sites for hydroxylation is 3. The van der Waals surface area contributed by atoms with Crippen LogP contribution in [0.4, 0.5) is 5.69 Å². The number of amides is 1. The van der Waals surface area contributed by atoms with Crippen molar-refractivity contribution in [3.05, 3.63) is 92.8 Å². The number of benzene rings is 2. The van der Waals surface area contributed by atoms with Gasteiger partial charge in [-0.15, -0.1) is 11.3 Å². The van der Waals surface area contributed by atoms with Crippen LogP contribution >= 0.6 is 11.3 Å². The SMILES string of the molecule is Cc1ccccc1NC(=O)Cc1nc(COC(=O)c2ccc(OCc3c(C)noc3C)cc2)cs1. The van der Waals surface area contributed by atoms with Crippen LogP contribution in [0, 0.1) is 20.8 Å². The number of nitrogens with zero attached hydrogens (tertiary/aromatic N) is 2. The molecule has 2 heterocycles. The molecule has 0 unspecified atom stereocenters. The number of rotatable bonds is 9. The minimum atomic E-state index is -0.464. The lowest BCUT2D eigenvalue weighted by atomic mass is 10.2. The zero-order valence-electron chi connectivity index (χ0n) is 19.7. The van der Waals surface area contributed by atoms with Crippen molar-refractivity contribution in [2.45, 2.75) is 40.4 Å². The van der Waals surface area contributed by atoms with E-state index in [2.05, 4.69) is 15.5 Å². The van der Waals surface area contributed by atoms with E-state index in [0.717, 1.165) is 28.3 Å². The van der Waals surface area contributed by atoms with Crippen LogP contribution in [0.3, 0.4) is 0 Å². The fourth-order valence-electron chi connectivity index (χ4n) is 3.31. The van der Waals surface area contributed by atoms with Gasteiger partial charge in [-0.25, -0.2) is 9.78 Å². The molecule has 0 bridgehead atoms. The Hall–Kier alpha value is -3.98. The maximum Gasteiger partial charge on any atom is 0.338 e. The molecule has 0 saturated heterocycles. The molecule has 2 aromatic heterocycles. The molecule has 8 nitrogen and oxygen atoms in total. The molecule has 9 heteroatoms. The van der Waals surface area contributed by atoms with Gasteiger partial charge in [0.25, 0.3) is 0 Å². The highest BCUT2D eigenvalue weighted by Crippen LogP contribution is 2.19. The molecule has 1 amide bonds. The molecule has 4 rings (SSSR count).